The molecule has 3 nitrogen and oxygen atoms in total. The van der Waals surface area contributed by atoms with Gasteiger partial charge in [0.15, 0.2) is 0 Å². The van der Waals surface area contributed by atoms with Crippen molar-refractivity contribution in [3.8, 4) is 0 Å². The van der Waals surface area contributed by atoms with Crippen molar-refractivity contribution in [3.63, 3.8) is 0 Å². The highest BCUT2D eigenvalue weighted by Gasteiger charge is 2.42. The van der Waals surface area contributed by atoms with Crippen LogP contribution in [0, 0.1) is 0 Å². The van der Waals surface area contributed by atoms with Gasteiger partial charge in [-0.2, -0.15) is 0 Å². The Morgan fingerprint density at radius 2 is 1.95 bits per heavy atom. The standard InChI is InChI=1S/C19H20O3/c1-10-9-13-16(20)17(21)15-11-5-4-8-19(2,3)14(11)7-6-12(15)18(13)22-10/h6-7,10H,4-5,8-9H2,1-3H3/t10-/m1/s1. The van der Waals surface area contributed by atoms with E-state index in [0.717, 1.165) is 30.4 Å². The zero-order valence-electron chi connectivity index (χ0n) is 13.3. The maximum atomic E-state index is 12.7. The molecule has 3 aliphatic rings. The molecule has 1 aromatic rings. The van der Waals surface area contributed by atoms with E-state index in [1.807, 2.05) is 13.0 Å². The average Bonchev–Trinajstić information content (AvgIpc) is 2.85. The third kappa shape index (κ3) is 1.68. The van der Waals surface area contributed by atoms with Crippen LogP contribution >= 0.6 is 0 Å². The van der Waals surface area contributed by atoms with Crippen LogP contribution in [0.15, 0.2) is 17.7 Å². The van der Waals surface area contributed by atoms with Gasteiger partial charge >= 0.3 is 0 Å². The molecule has 0 aromatic heterocycles. The Bertz CT molecular complexity index is 752. The molecule has 4 rings (SSSR count). The summed E-state index contributed by atoms with van der Waals surface area (Å²) in [7, 11) is 0. The van der Waals surface area contributed by atoms with Gasteiger partial charge in [0, 0.05) is 23.1 Å². The molecule has 1 aliphatic heterocycles. The molecule has 1 atom stereocenters. The van der Waals surface area contributed by atoms with E-state index in [2.05, 4.69) is 19.9 Å². The van der Waals surface area contributed by atoms with Crippen LogP contribution in [0.25, 0.3) is 5.76 Å². The second-order valence-corrected chi connectivity index (χ2v) is 7.35. The summed E-state index contributed by atoms with van der Waals surface area (Å²) in [6.45, 7) is 6.37. The summed E-state index contributed by atoms with van der Waals surface area (Å²) in [5.74, 6) is -0.0390. The fourth-order valence-electron chi connectivity index (χ4n) is 4.20. The van der Waals surface area contributed by atoms with Gasteiger partial charge in [0.05, 0.1) is 0 Å². The third-order valence-corrected chi connectivity index (χ3v) is 5.31. The molecule has 0 N–H and O–H groups in total. The number of rotatable bonds is 0. The summed E-state index contributed by atoms with van der Waals surface area (Å²) in [6, 6.07) is 4.12. The highest BCUT2D eigenvalue weighted by Crippen LogP contribution is 2.45. The second-order valence-electron chi connectivity index (χ2n) is 7.35. The van der Waals surface area contributed by atoms with Crippen molar-refractivity contribution >= 4 is 17.3 Å². The van der Waals surface area contributed by atoms with Gasteiger partial charge in [-0.25, -0.2) is 0 Å². The number of hydrogen-bond donors (Lipinski definition) is 0. The van der Waals surface area contributed by atoms with E-state index in [9.17, 15) is 9.59 Å². The highest BCUT2D eigenvalue weighted by molar-refractivity contribution is 6.52. The summed E-state index contributed by atoms with van der Waals surface area (Å²) < 4.78 is 5.86. The average molecular weight is 296 g/mol. The molecule has 0 saturated heterocycles. The minimum Gasteiger partial charge on any atom is -0.489 e. The third-order valence-electron chi connectivity index (χ3n) is 5.31. The first kappa shape index (κ1) is 13.7. The van der Waals surface area contributed by atoms with Crippen molar-refractivity contribution in [3.05, 3.63) is 40.0 Å². The Labute approximate surface area is 130 Å². The Hall–Kier alpha value is -1.90. The SMILES string of the molecule is C[C@@H]1CC2=C(O1)c1ccc3c(c1C(=O)C2=O)CCCC3(C)C. The Morgan fingerprint density at radius 1 is 1.18 bits per heavy atom. The monoisotopic (exact) mass is 296 g/mol. The molecular formula is C19H20O3. The predicted octanol–water partition coefficient (Wildman–Crippen LogP) is 3.59. The van der Waals surface area contributed by atoms with Gasteiger partial charge in [-0.1, -0.05) is 26.0 Å². The van der Waals surface area contributed by atoms with Crippen LogP contribution in [-0.2, 0) is 21.4 Å². The van der Waals surface area contributed by atoms with Crippen molar-refractivity contribution < 1.29 is 14.3 Å². The number of hydrogen-bond acceptors (Lipinski definition) is 3. The van der Waals surface area contributed by atoms with Crippen molar-refractivity contribution in [1.29, 1.82) is 0 Å². The molecular weight excluding hydrogens is 276 g/mol. The summed E-state index contributed by atoms with van der Waals surface area (Å²) in [5.41, 5.74) is 4.36. The number of fused-ring (bicyclic) bond motifs is 4. The van der Waals surface area contributed by atoms with Gasteiger partial charge in [-0.3, -0.25) is 9.59 Å². The Morgan fingerprint density at radius 3 is 2.73 bits per heavy atom. The Balaban J connectivity index is 1.99. The zero-order valence-corrected chi connectivity index (χ0v) is 13.3. The summed E-state index contributed by atoms with van der Waals surface area (Å²) in [4.78, 5) is 25.2. The molecule has 1 aromatic carbocycles. The summed E-state index contributed by atoms with van der Waals surface area (Å²) >= 11 is 0. The molecule has 0 bridgehead atoms. The molecule has 0 amide bonds. The molecule has 114 valence electrons. The molecule has 0 saturated carbocycles. The largest absolute Gasteiger partial charge is 0.489 e. The topological polar surface area (TPSA) is 43.4 Å². The van der Waals surface area contributed by atoms with Gasteiger partial charge in [-0.05, 0) is 42.7 Å². The molecule has 0 radical (unpaired) electrons. The fourth-order valence-corrected chi connectivity index (χ4v) is 4.20. The molecule has 0 fully saturated rings. The van der Waals surface area contributed by atoms with Crippen LogP contribution < -0.4 is 0 Å². The quantitative estimate of drug-likeness (QED) is 0.687. The zero-order chi connectivity index (χ0) is 15.6. The van der Waals surface area contributed by atoms with Gasteiger partial charge < -0.3 is 4.74 Å². The number of carbonyl (C=O) groups is 2. The number of ether oxygens (including phenoxy) is 1. The normalized spacial score (nSPS) is 25.5. The number of Topliss-reactive ketones (excluding diaryl/α,β-unsaturated/α-hetero) is 2. The van der Waals surface area contributed by atoms with Gasteiger partial charge in [0.1, 0.15) is 11.9 Å². The van der Waals surface area contributed by atoms with Crippen molar-refractivity contribution in [2.24, 2.45) is 0 Å². The second kappa shape index (κ2) is 4.31. The number of benzene rings is 1. The minimum atomic E-state index is -0.358. The van der Waals surface area contributed by atoms with E-state index >= 15 is 0 Å². The van der Waals surface area contributed by atoms with E-state index in [1.54, 1.807) is 0 Å². The van der Waals surface area contributed by atoms with Gasteiger partial charge in [0.25, 0.3) is 0 Å². The van der Waals surface area contributed by atoms with E-state index < -0.39 is 0 Å². The lowest BCUT2D eigenvalue weighted by Gasteiger charge is -2.35. The molecule has 3 heteroatoms. The van der Waals surface area contributed by atoms with Crippen LogP contribution in [0.5, 0.6) is 0 Å². The first-order valence-electron chi connectivity index (χ1n) is 8.06. The summed E-state index contributed by atoms with van der Waals surface area (Å²) in [5, 5.41) is 0. The van der Waals surface area contributed by atoms with Crippen LogP contribution in [0.2, 0.25) is 0 Å². The van der Waals surface area contributed by atoms with Gasteiger partial charge in [-0.15, -0.1) is 0 Å². The molecule has 2 aliphatic carbocycles. The first-order valence-corrected chi connectivity index (χ1v) is 8.06. The lowest BCUT2D eigenvalue weighted by molar-refractivity contribution is -0.112. The van der Waals surface area contributed by atoms with Crippen LogP contribution in [-0.4, -0.2) is 17.7 Å². The molecule has 0 spiro atoms. The molecule has 0 unspecified atom stereocenters. The predicted molar refractivity (Wildman–Crippen MR) is 83.8 cm³/mol. The highest BCUT2D eigenvalue weighted by atomic mass is 16.5. The van der Waals surface area contributed by atoms with Gasteiger partial charge in [0.2, 0.25) is 11.6 Å². The summed E-state index contributed by atoms with van der Waals surface area (Å²) in [6.07, 6.45) is 3.56. The number of ketones is 2. The van der Waals surface area contributed by atoms with Crippen molar-refractivity contribution in [2.75, 3.05) is 0 Å². The van der Waals surface area contributed by atoms with Crippen LogP contribution in [0.3, 0.4) is 0 Å². The van der Waals surface area contributed by atoms with Crippen molar-refractivity contribution in [2.45, 2.75) is 58.0 Å². The fraction of sp³-hybridized carbons (Fsp3) is 0.474. The lowest BCUT2D eigenvalue weighted by atomic mass is 9.69. The van der Waals surface area contributed by atoms with E-state index in [0.29, 0.717) is 23.3 Å². The van der Waals surface area contributed by atoms with E-state index in [4.69, 9.17) is 4.74 Å². The number of carbonyl (C=O) groups excluding carboxylic acids is 2. The lowest BCUT2D eigenvalue weighted by Crippen LogP contribution is -2.30. The van der Waals surface area contributed by atoms with E-state index in [-0.39, 0.29) is 23.1 Å². The van der Waals surface area contributed by atoms with Crippen LogP contribution in [0.4, 0.5) is 0 Å². The first-order chi connectivity index (χ1) is 10.4. The maximum Gasteiger partial charge on any atom is 0.234 e. The molecule has 1 heterocycles. The smallest absolute Gasteiger partial charge is 0.234 e. The van der Waals surface area contributed by atoms with Crippen molar-refractivity contribution in [1.82, 2.24) is 0 Å². The molecule has 22 heavy (non-hydrogen) atoms. The maximum absolute atomic E-state index is 12.7. The van der Waals surface area contributed by atoms with Crippen LogP contribution in [0.1, 0.15) is 67.1 Å². The Kier molecular flexibility index (Phi) is 2.69. The minimum absolute atomic E-state index is 0.0276. The van der Waals surface area contributed by atoms with E-state index in [1.165, 1.54) is 5.56 Å².